The second-order valence-electron chi connectivity index (χ2n) is 6.53. The number of carbonyl (C=O) groups is 2. The lowest BCUT2D eigenvalue weighted by Crippen LogP contribution is -2.31. The summed E-state index contributed by atoms with van der Waals surface area (Å²) in [7, 11) is 0. The van der Waals surface area contributed by atoms with E-state index in [1.165, 1.54) is 11.8 Å². The predicted octanol–water partition coefficient (Wildman–Crippen LogP) is 4.31. The smallest absolute Gasteiger partial charge is 0.259 e. The van der Waals surface area contributed by atoms with Gasteiger partial charge in [0.1, 0.15) is 0 Å². The molecule has 1 aliphatic heterocycles. The summed E-state index contributed by atoms with van der Waals surface area (Å²) in [5.41, 5.74) is 2.79. The molecule has 1 aliphatic rings. The van der Waals surface area contributed by atoms with Crippen LogP contribution in [0, 0.1) is 0 Å². The molecule has 1 aromatic heterocycles. The van der Waals surface area contributed by atoms with Crippen molar-refractivity contribution in [2.45, 2.75) is 16.3 Å². The van der Waals surface area contributed by atoms with Crippen molar-refractivity contribution in [1.82, 2.24) is 10.3 Å². The molecule has 5 nitrogen and oxygen atoms in total. The summed E-state index contributed by atoms with van der Waals surface area (Å²) in [5, 5.41) is 2.90. The molecule has 2 heterocycles. The average Bonchev–Trinajstić information content (AvgIpc) is 2.87. The lowest BCUT2D eigenvalue weighted by molar-refractivity contribution is 0.0947. The minimum Gasteiger partial charge on any atom is -0.348 e. The van der Waals surface area contributed by atoms with Gasteiger partial charge in [-0.05, 0) is 42.0 Å². The summed E-state index contributed by atoms with van der Waals surface area (Å²) in [6, 6.07) is 16.7. The third-order valence-corrected chi connectivity index (χ3v) is 5.72. The van der Waals surface area contributed by atoms with E-state index in [1.54, 1.807) is 35.5 Å². The van der Waals surface area contributed by atoms with Crippen LogP contribution in [0.25, 0.3) is 0 Å². The molecule has 2 amide bonds. The van der Waals surface area contributed by atoms with E-state index in [0.29, 0.717) is 29.9 Å². The lowest BCUT2D eigenvalue weighted by atomic mass is 10.1. The molecular formula is C23H19N3O2S. The molecule has 0 spiro atoms. The monoisotopic (exact) mass is 401 g/mol. The third-order valence-electron chi connectivity index (χ3n) is 4.58. The molecule has 0 atom stereocenters. The number of rotatable bonds is 5. The number of amides is 2. The topological polar surface area (TPSA) is 62.3 Å². The maximum atomic E-state index is 13.1. The zero-order chi connectivity index (χ0) is 20.2. The van der Waals surface area contributed by atoms with E-state index >= 15 is 0 Å². The van der Waals surface area contributed by atoms with Crippen molar-refractivity contribution in [1.29, 1.82) is 0 Å². The minimum absolute atomic E-state index is 0.0975. The fourth-order valence-corrected chi connectivity index (χ4v) is 4.22. The van der Waals surface area contributed by atoms with E-state index in [9.17, 15) is 9.59 Å². The Hall–Kier alpha value is -3.38. The molecule has 6 heteroatoms. The first-order chi connectivity index (χ1) is 14.2. The van der Waals surface area contributed by atoms with Crippen LogP contribution < -0.4 is 10.2 Å². The number of aromatic nitrogens is 1. The van der Waals surface area contributed by atoms with Crippen LogP contribution in [0.2, 0.25) is 0 Å². The number of pyridine rings is 1. The van der Waals surface area contributed by atoms with Gasteiger partial charge in [-0.1, -0.05) is 36.0 Å². The number of anilines is 1. The van der Waals surface area contributed by atoms with Crippen molar-refractivity contribution in [3.8, 4) is 0 Å². The summed E-state index contributed by atoms with van der Waals surface area (Å²) >= 11 is 1.53. The Morgan fingerprint density at radius 3 is 2.79 bits per heavy atom. The molecule has 0 saturated heterocycles. The maximum absolute atomic E-state index is 13.1. The molecule has 4 rings (SSSR count). The zero-order valence-corrected chi connectivity index (χ0v) is 16.5. The van der Waals surface area contributed by atoms with Crippen molar-refractivity contribution in [2.24, 2.45) is 0 Å². The third kappa shape index (κ3) is 3.93. The molecule has 2 aromatic carbocycles. The molecule has 29 heavy (non-hydrogen) atoms. The normalized spacial score (nSPS) is 12.6. The Morgan fingerprint density at radius 1 is 1.14 bits per heavy atom. The van der Waals surface area contributed by atoms with Gasteiger partial charge in [0.15, 0.2) is 0 Å². The predicted molar refractivity (Wildman–Crippen MR) is 114 cm³/mol. The molecule has 0 radical (unpaired) electrons. The first-order valence-corrected chi connectivity index (χ1v) is 10.00. The van der Waals surface area contributed by atoms with Crippen LogP contribution in [-0.4, -0.2) is 23.3 Å². The van der Waals surface area contributed by atoms with Gasteiger partial charge in [-0.3, -0.25) is 14.6 Å². The Kier molecular flexibility index (Phi) is 5.44. The van der Waals surface area contributed by atoms with Gasteiger partial charge in [-0.2, -0.15) is 0 Å². The quantitative estimate of drug-likeness (QED) is 0.647. The molecule has 0 bridgehead atoms. The van der Waals surface area contributed by atoms with Gasteiger partial charge in [0.25, 0.3) is 11.8 Å². The van der Waals surface area contributed by atoms with Crippen molar-refractivity contribution in [3.05, 3.63) is 96.3 Å². The Balaban J connectivity index is 1.65. The summed E-state index contributed by atoms with van der Waals surface area (Å²) in [6.07, 6.45) is 5.10. The first kappa shape index (κ1) is 19.0. The van der Waals surface area contributed by atoms with Gasteiger partial charge >= 0.3 is 0 Å². The largest absolute Gasteiger partial charge is 0.348 e. The minimum atomic E-state index is -0.200. The summed E-state index contributed by atoms with van der Waals surface area (Å²) in [6.45, 7) is 4.53. The van der Waals surface area contributed by atoms with E-state index in [0.717, 1.165) is 15.4 Å². The molecule has 144 valence electrons. The van der Waals surface area contributed by atoms with Crippen LogP contribution in [-0.2, 0) is 6.54 Å². The average molecular weight is 401 g/mol. The number of hydrogen-bond donors (Lipinski definition) is 1. The lowest BCUT2D eigenvalue weighted by Gasteiger charge is -2.22. The first-order valence-electron chi connectivity index (χ1n) is 9.18. The van der Waals surface area contributed by atoms with Crippen LogP contribution in [0.5, 0.6) is 0 Å². The van der Waals surface area contributed by atoms with Crippen LogP contribution in [0.15, 0.2) is 89.4 Å². The van der Waals surface area contributed by atoms with Gasteiger partial charge in [0.2, 0.25) is 0 Å². The van der Waals surface area contributed by atoms with Gasteiger partial charge in [-0.15, -0.1) is 6.58 Å². The SMILES string of the molecule is C=CCN1C(=O)c2ccccc2Sc2ccc(C(=O)NCc3cccnc3)cc21. The summed E-state index contributed by atoms with van der Waals surface area (Å²) < 4.78 is 0. The van der Waals surface area contributed by atoms with Crippen LogP contribution in [0.4, 0.5) is 5.69 Å². The van der Waals surface area contributed by atoms with Gasteiger partial charge in [0, 0.05) is 40.8 Å². The van der Waals surface area contributed by atoms with Crippen molar-refractivity contribution in [2.75, 3.05) is 11.4 Å². The number of fused-ring (bicyclic) bond motifs is 2. The fourth-order valence-electron chi connectivity index (χ4n) is 3.16. The summed E-state index contributed by atoms with van der Waals surface area (Å²) in [4.78, 5) is 33.4. The van der Waals surface area contributed by atoms with Gasteiger partial charge in [0.05, 0.1) is 11.3 Å². The van der Waals surface area contributed by atoms with E-state index in [4.69, 9.17) is 0 Å². The molecular weight excluding hydrogens is 382 g/mol. The second kappa shape index (κ2) is 8.32. The second-order valence-corrected chi connectivity index (χ2v) is 7.61. The molecule has 0 unspecified atom stereocenters. The summed E-state index contributed by atoms with van der Waals surface area (Å²) in [5.74, 6) is -0.297. The maximum Gasteiger partial charge on any atom is 0.259 e. The number of benzene rings is 2. The standard InChI is InChI=1S/C23H19N3O2S/c1-2-12-26-19-13-17(22(27)25-15-16-6-5-11-24-14-16)9-10-21(19)29-20-8-4-3-7-18(20)23(26)28/h2-11,13-14H,1,12,15H2,(H,25,27). The highest BCUT2D eigenvalue weighted by molar-refractivity contribution is 7.99. The van der Waals surface area contributed by atoms with Gasteiger partial charge in [-0.25, -0.2) is 0 Å². The number of nitrogens with one attached hydrogen (secondary N) is 1. The highest BCUT2D eigenvalue weighted by Gasteiger charge is 2.27. The van der Waals surface area contributed by atoms with E-state index < -0.39 is 0 Å². The highest BCUT2D eigenvalue weighted by atomic mass is 32.2. The van der Waals surface area contributed by atoms with E-state index in [2.05, 4.69) is 16.9 Å². The molecule has 3 aromatic rings. The zero-order valence-electron chi connectivity index (χ0n) is 15.7. The molecule has 0 fully saturated rings. The van der Waals surface area contributed by atoms with Crippen LogP contribution in [0.1, 0.15) is 26.3 Å². The number of carbonyl (C=O) groups excluding carboxylic acids is 2. The van der Waals surface area contributed by atoms with Crippen molar-refractivity contribution >= 4 is 29.3 Å². The van der Waals surface area contributed by atoms with E-state index in [1.807, 2.05) is 42.5 Å². The van der Waals surface area contributed by atoms with Gasteiger partial charge < -0.3 is 10.2 Å². The van der Waals surface area contributed by atoms with Crippen molar-refractivity contribution < 1.29 is 9.59 Å². The Labute approximate surface area is 173 Å². The van der Waals surface area contributed by atoms with Crippen molar-refractivity contribution in [3.63, 3.8) is 0 Å². The molecule has 0 aliphatic carbocycles. The number of hydrogen-bond acceptors (Lipinski definition) is 4. The fraction of sp³-hybridized carbons (Fsp3) is 0.0870. The van der Waals surface area contributed by atoms with E-state index in [-0.39, 0.29) is 11.8 Å². The highest BCUT2D eigenvalue weighted by Crippen LogP contribution is 2.41. The van der Waals surface area contributed by atoms with Crippen LogP contribution >= 0.6 is 11.8 Å². The Morgan fingerprint density at radius 2 is 2.00 bits per heavy atom. The molecule has 0 saturated carbocycles. The molecule has 1 N–H and O–H groups in total. The number of nitrogens with zero attached hydrogens (tertiary/aromatic N) is 2. The van der Waals surface area contributed by atoms with Crippen LogP contribution in [0.3, 0.4) is 0 Å². The Bertz CT molecular complexity index is 1080.